The van der Waals surface area contributed by atoms with E-state index in [9.17, 15) is 9.59 Å². The first kappa shape index (κ1) is 18.6. The first-order valence-corrected chi connectivity index (χ1v) is 10.3. The van der Waals surface area contributed by atoms with E-state index in [1.807, 2.05) is 0 Å². The number of nitrogens with one attached hydrogen (secondary N) is 2. The van der Waals surface area contributed by atoms with E-state index in [0.717, 1.165) is 25.9 Å². The van der Waals surface area contributed by atoms with Crippen LogP contribution in [0.4, 0.5) is 11.8 Å². The van der Waals surface area contributed by atoms with Gasteiger partial charge in [-0.3, -0.25) is 9.59 Å². The zero-order valence-electron chi connectivity index (χ0n) is 16.6. The van der Waals surface area contributed by atoms with Crippen molar-refractivity contribution in [2.45, 2.75) is 30.7 Å². The van der Waals surface area contributed by atoms with Crippen LogP contribution in [0.15, 0.2) is 36.4 Å². The number of aromatic nitrogens is 2. The second-order valence-corrected chi connectivity index (χ2v) is 8.14. The lowest BCUT2D eigenvalue weighted by Gasteiger charge is -2.39. The second kappa shape index (κ2) is 7.12. The number of piperidine rings is 1. The van der Waals surface area contributed by atoms with Gasteiger partial charge in [0.2, 0.25) is 11.9 Å². The van der Waals surface area contributed by atoms with Crippen LogP contribution in [0.5, 0.6) is 0 Å². The van der Waals surface area contributed by atoms with Crippen LogP contribution in [-0.4, -0.2) is 47.5 Å². The molecule has 1 aromatic carbocycles. The summed E-state index contributed by atoms with van der Waals surface area (Å²) in [4.78, 5) is 34.8. The van der Waals surface area contributed by atoms with Gasteiger partial charge in [0.05, 0.1) is 0 Å². The van der Waals surface area contributed by atoms with Crippen LogP contribution in [0.2, 0.25) is 0 Å². The van der Waals surface area contributed by atoms with Crippen LogP contribution >= 0.6 is 0 Å². The third kappa shape index (κ3) is 3.18. The second-order valence-electron chi connectivity index (χ2n) is 8.14. The van der Waals surface area contributed by atoms with E-state index >= 15 is 0 Å². The quantitative estimate of drug-likeness (QED) is 0.711. The number of hydrogen-bond acceptors (Lipinski definition) is 6. The number of amides is 2. The molecule has 8 nitrogen and oxygen atoms in total. The van der Waals surface area contributed by atoms with Gasteiger partial charge in [0.15, 0.2) is 0 Å². The minimum Gasteiger partial charge on any atom is -0.364 e. The minimum atomic E-state index is -0.612. The molecule has 8 heteroatoms. The summed E-state index contributed by atoms with van der Waals surface area (Å²) in [6, 6.07) is 9.68. The number of primary amides is 1. The maximum absolute atomic E-state index is 11.9. The van der Waals surface area contributed by atoms with Crippen LogP contribution in [0.1, 0.15) is 40.9 Å². The van der Waals surface area contributed by atoms with E-state index in [-0.39, 0.29) is 23.1 Å². The molecule has 0 bridgehead atoms. The average molecular weight is 404 g/mol. The monoisotopic (exact) mass is 404 g/mol. The van der Waals surface area contributed by atoms with Crippen molar-refractivity contribution in [3.63, 3.8) is 0 Å². The molecule has 1 aliphatic carbocycles. The Morgan fingerprint density at radius 2 is 2.03 bits per heavy atom. The Morgan fingerprint density at radius 1 is 1.23 bits per heavy atom. The van der Waals surface area contributed by atoms with Gasteiger partial charge < -0.3 is 21.3 Å². The van der Waals surface area contributed by atoms with E-state index in [2.05, 4.69) is 61.9 Å². The molecule has 2 aromatic rings. The number of allylic oxidation sites excluding steroid dienone is 1. The fraction of sp³-hybridized carbons (Fsp3) is 0.364. The minimum absolute atomic E-state index is 0.0530. The highest BCUT2D eigenvalue weighted by Gasteiger charge is 2.38. The Bertz CT molecular complexity index is 1040. The molecule has 1 spiro atoms. The lowest BCUT2D eigenvalue weighted by Crippen LogP contribution is -2.42. The first-order chi connectivity index (χ1) is 14.5. The van der Waals surface area contributed by atoms with Crippen LogP contribution in [0.25, 0.3) is 6.08 Å². The fourth-order valence-corrected chi connectivity index (χ4v) is 4.66. The van der Waals surface area contributed by atoms with Gasteiger partial charge in [-0.25, -0.2) is 4.98 Å². The van der Waals surface area contributed by atoms with Crippen molar-refractivity contribution in [1.29, 1.82) is 0 Å². The normalized spacial score (nSPS) is 21.5. The molecule has 3 heterocycles. The Hall–Kier alpha value is -3.42. The zero-order chi connectivity index (χ0) is 20.7. The molecule has 2 saturated heterocycles. The van der Waals surface area contributed by atoms with Gasteiger partial charge in [-0.2, -0.15) is 4.98 Å². The molecular formula is C22H24N6O2. The van der Waals surface area contributed by atoms with Crippen LogP contribution in [-0.2, 0) is 10.2 Å². The van der Waals surface area contributed by atoms with Gasteiger partial charge in [-0.05, 0) is 30.4 Å². The maximum Gasteiger partial charge on any atom is 0.267 e. The van der Waals surface area contributed by atoms with Gasteiger partial charge in [0.25, 0.3) is 5.91 Å². The van der Waals surface area contributed by atoms with E-state index in [1.165, 1.54) is 17.2 Å². The highest BCUT2D eigenvalue weighted by Crippen LogP contribution is 2.44. The molecule has 1 aromatic heterocycles. The van der Waals surface area contributed by atoms with Crippen LogP contribution < -0.4 is 21.3 Å². The standard InChI is InChI=1S/C22H24N6O2/c23-19(29)17-13-18(25-16-6-10-24-20(16)30)27-21(26-17)28-11-8-22(9-12-28)7-5-14-3-1-2-4-15(14)22/h1-5,7,13,16H,6,8-12H2,(H2,23,29)(H,24,30)(H,25,26,27). The predicted molar refractivity (Wildman–Crippen MR) is 114 cm³/mol. The number of hydrogen-bond donors (Lipinski definition) is 3. The largest absolute Gasteiger partial charge is 0.364 e. The Kier molecular flexibility index (Phi) is 4.42. The zero-order valence-corrected chi connectivity index (χ0v) is 16.6. The third-order valence-electron chi connectivity index (χ3n) is 6.36. The molecule has 2 aliphatic heterocycles. The molecule has 5 rings (SSSR count). The van der Waals surface area contributed by atoms with Crippen LogP contribution in [0.3, 0.4) is 0 Å². The summed E-state index contributed by atoms with van der Waals surface area (Å²) >= 11 is 0. The summed E-state index contributed by atoms with van der Waals surface area (Å²) in [7, 11) is 0. The van der Waals surface area contributed by atoms with E-state index < -0.39 is 5.91 Å². The first-order valence-electron chi connectivity index (χ1n) is 10.3. The smallest absolute Gasteiger partial charge is 0.267 e. The number of fused-ring (bicyclic) bond motifs is 2. The molecule has 2 amide bonds. The van der Waals surface area contributed by atoms with Gasteiger partial charge >= 0.3 is 0 Å². The van der Waals surface area contributed by atoms with Crippen molar-refractivity contribution >= 4 is 29.7 Å². The maximum atomic E-state index is 11.9. The Balaban J connectivity index is 1.38. The number of anilines is 2. The number of nitrogens with two attached hydrogens (primary N) is 1. The third-order valence-corrected chi connectivity index (χ3v) is 6.36. The number of nitrogens with zero attached hydrogens (tertiary/aromatic N) is 3. The summed E-state index contributed by atoms with van der Waals surface area (Å²) in [5.74, 6) is 0.237. The van der Waals surface area contributed by atoms with Gasteiger partial charge in [-0.1, -0.05) is 36.4 Å². The van der Waals surface area contributed by atoms with Crippen molar-refractivity contribution in [3.05, 3.63) is 53.2 Å². The molecule has 0 radical (unpaired) electrons. The van der Waals surface area contributed by atoms with Crippen molar-refractivity contribution in [2.75, 3.05) is 29.9 Å². The molecular weight excluding hydrogens is 380 g/mol. The summed E-state index contributed by atoms with van der Waals surface area (Å²) < 4.78 is 0. The van der Waals surface area contributed by atoms with Crippen molar-refractivity contribution in [1.82, 2.24) is 15.3 Å². The number of benzene rings is 1. The fourth-order valence-electron chi connectivity index (χ4n) is 4.66. The van der Waals surface area contributed by atoms with Gasteiger partial charge in [0, 0.05) is 31.1 Å². The summed E-state index contributed by atoms with van der Waals surface area (Å²) in [5, 5.41) is 5.91. The molecule has 0 saturated carbocycles. The molecule has 30 heavy (non-hydrogen) atoms. The highest BCUT2D eigenvalue weighted by molar-refractivity contribution is 5.92. The molecule has 1 atom stereocenters. The van der Waals surface area contributed by atoms with Crippen molar-refractivity contribution in [3.8, 4) is 0 Å². The summed E-state index contributed by atoms with van der Waals surface area (Å²) in [6.07, 6.45) is 7.09. The molecule has 154 valence electrons. The van der Waals surface area contributed by atoms with Crippen molar-refractivity contribution < 1.29 is 9.59 Å². The molecule has 1 unspecified atom stereocenters. The van der Waals surface area contributed by atoms with Crippen molar-refractivity contribution in [2.24, 2.45) is 5.73 Å². The van der Waals surface area contributed by atoms with E-state index in [4.69, 9.17) is 5.73 Å². The van der Waals surface area contributed by atoms with E-state index in [1.54, 1.807) is 0 Å². The Morgan fingerprint density at radius 3 is 2.77 bits per heavy atom. The molecule has 2 fully saturated rings. The lowest BCUT2D eigenvalue weighted by atomic mass is 9.74. The predicted octanol–water partition coefficient (Wildman–Crippen LogP) is 1.44. The molecule has 4 N–H and O–H groups in total. The Labute approximate surface area is 174 Å². The van der Waals surface area contributed by atoms with Gasteiger partial charge in [0.1, 0.15) is 17.6 Å². The summed E-state index contributed by atoms with van der Waals surface area (Å²) in [6.45, 7) is 2.16. The van der Waals surface area contributed by atoms with Crippen LogP contribution in [0, 0.1) is 0 Å². The lowest BCUT2D eigenvalue weighted by molar-refractivity contribution is -0.119. The number of rotatable bonds is 4. The van der Waals surface area contributed by atoms with Gasteiger partial charge in [-0.15, -0.1) is 0 Å². The summed E-state index contributed by atoms with van der Waals surface area (Å²) in [5.41, 5.74) is 8.37. The van der Waals surface area contributed by atoms with E-state index in [0.29, 0.717) is 24.7 Å². The number of carbonyl (C=O) groups excluding carboxylic acids is 2. The number of carbonyl (C=O) groups is 2. The SMILES string of the molecule is NC(=O)c1cc(NC2CCNC2=O)nc(N2CCC3(C=Cc4ccccc43)CC2)n1. The highest BCUT2D eigenvalue weighted by atomic mass is 16.2. The average Bonchev–Trinajstić information content (AvgIpc) is 3.32. The topological polar surface area (TPSA) is 113 Å². The molecule has 3 aliphatic rings.